The van der Waals surface area contributed by atoms with E-state index in [1.807, 2.05) is 0 Å². The van der Waals surface area contributed by atoms with E-state index in [0.29, 0.717) is 17.3 Å². The first-order valence-corrected chi connectivity index (χ1v) is 8.70. The first-order valence-electron chi connectivity index (χ1n) is 6.04. The number of nitrogens with one attached hydrogen (secondary N) is 1. The van der Waals surface area contributed by atoms with Gasteiger partial charge in [-0.25, -0.2) is 8.42 Å². The molecule has 1 atom stereocenters. The van der Waals surface area contributed by atoms with E-state index in [9.17, 15) is 13.2 Å². The zero-order valence-corrected chi connectivity index (χ0v) is 14.1. The van der Waals surface area contributed by atoms with Gasteiger partial charge in [0.05, 0.1) is 11.6 Å². The number of hydrogen-bond acceptors (Lipinski definition) is 4. The Morgan fingerprint density at radius 2 is 2.14 bits per heavy atom. The van der Waals surface area contributed by atoms with E-state index in [1.165, 1.54) is 19.2 Å². The Labute approximate surface area is 135 Å². The molecule has 0 bridgehead atoms. The maximum atomic E-state index is 12.4. The third-order valence-corrected chi connectivity index (χ3v) is 5.36. The van der Waals surface area contributed by atoms with E-state index in [4.69, 9.17) is 21.4 Å². The number of carboxylic acids is 1. The van der Waals surface area contributed by atoms with Gasteiger partial charge in [-0.3, -0.25) is 4.79 Å². The molecule has 0 saturated heterocycles. The zero-order chi connectivity index (χ0) is 15.8. The Bertz CT molecular complexity index is 674. The lowest BCUT2D eigenvalue weighted by atomic mass is 10.2. The molecule has 2 rings (SSSR count). The lowest BCUT2D eigenvalue weighted by Crippen LogP contribution is -2.42. The van der Waals surface area contributed by atoms with E-state index in [2.05, 4.69) is 20.7 Å². The van der Waals surface area contributed by atoms with Crippen molar-refractivity contribution >= 4 is 43.5 Å². The average molecular weight is 399 g/mol. The van der Waals surface area contributed by atoms with Crippen molar-refractivity contribution in [2.75, 3.05) is 7.11 Å². The smallest absolute Gasteiger partial charge is 0.322 e. The van der Waals surface area contributed by atoms with Gasteiger partial charge in [-0.1, -0.05) is 11.6 Å². The molecule has 0 aliphatic heterocycles. The summed E-state index contributed by atoms with van der Waals surface area (Å²) in [4.78, 5) is 11.0. The highest BCUT2D eigenvalue weighted by Crippen LogP contribution is 2.37. The molecule has 21 heavy (non-hydrogen) atoms. The minimum absolute atomic E-state index is 0.0758. The Morgan fingerprint density at radius 1 is 1.52 bits per heavy atom. The molecule has 1 saturated carbocycles. The summed E-state index contributed by atoms with van der Waals surface area (Å²) in [6.45, 7) is 0. The molecule has 0 amide bonds. The highest BCUT2D eigenvalue weighted by molar-refractivity contribution is 9.10. The van der Waals surface area contributed by atoms with Gasteiger partial charge in [0.1, 0.15) is 10.9 Å². The van der Waals surface area contributed by atoms with Crippen LogP contribution in [0.5, 0.6) is 5.75 Å². The molecular weight excluding hydrogens is 386 g/mol. The Balaban J connectivity index is 2.41. The van der Waals surface area contributed by atoms with Crippen LogP contribution in [-0.4, -0.2) is 32.6 Å². The van der Waals surface area contributed by atoms with E-state index < -0.39 is 22.0 Å². The minimum atomic E-state index is -4.07. The Morgan fingerprint density at radius 3 is 2.62 bits per heavy atom. The number of sulfonamides is 1. The third kappa shape index (κ3) is 3.68. The van der Waals surface area contributed by atoms with Crippen molar-refractivity contribution in [1.82, 2.24) is 4.72 Å². The molecular formula is C12H13BrClNO5S. The van der Waals surface area contributed by atoms with Crippen LogP contribution in [0.2, 0.25) is 5.02 Å². The maximum absolute atomic E-state index is 12.4. The lowest BCUT2D eigenvalue weighted by Gasteiger charge is -2.16. The summed E-state index contributed by atoms with van der Waals surface area (Å²) in [6.07, 6.45) is 1.38. The van der Waals surface area contributed by atoms with Crippen molar-refractivity contribution in [3.05, 3.63) is 21.6 Å². The van der Waals surface area contributed by atoms with Gasteiger partial charge in [-0.15, -0.1) is 0 Å². The van der Waals surface area contributed by atoms with Crippen LogP contribution in [0.15, 0.2) is 21.5 Å². The summed E-state index contributed by atoms with van der Waals surface area (Å²) in [5, 5.41) is 9.33. The fraction of sp³-hybridized carbons (Fsp3) is 0.417. The molecule has 2 N–H and O–H groups in total. The molecule has 1 aromatic rings. The van der Waals surface area contributed by atoms with Crippen molar-refractivity contribution in [3.63, 3.8) is 0 Å². The quantitative estimate of drug-likeness (QED) is 0.767. The van der Waals surface area contributed by atoms with Crippen LogP contribution in [0.4, 0.5) is 0 Å². The Hall–Kier alpha value is -0.830. The van der Waals surface area contributed by atoms with Crippen LogP contribution in [0.1, 0.15) is 12.8 Å². The second-order valence-corrected chi connectivity index (χ2v) is 7.67. The number of carbonyl (C=O) groups is 1. The highest BCUT2D eigenvalue weighted by atomic mass is 79.9. The monoisotopic (exact) mass is 397 g/mol. The largest absolute Gasteiger partial charge is 0.494 e. The molecule has 1 aliphatic rings. The second kappa shape index (κ2) is 6.12. The Kier molecular flexibility index (Phi) is 4.82. The zero-order valence-electron chi connectivity index (χ0n) is 11.0. The molecule has 0 aromatic heterocycles. The number of carboxylic acid groups (broad SMARTS) is 1. The van der Waals surface area contributed by atoms with E-state index in [-0.39, 0.29) is 21.6 Å². The van der Waals surface area contributed by atoms with Crippen molar-refractivity contribution in [3.8, 4) is 5.75 Å². The molecule has 1 aliphatic carbocycles. The molecule has 0 heterocycles. The van der Waals surface area contributed by atoms with E-state index >= 15 is 0 Å². The fourth-order valence-electron chi connectivity index (χ4n) is 1.94. The van der Waals surface area contributed by atoms with Crippen LogP contribution in [0.3, 0.4) is 0 Å². The first kappa shape index (κ1) is 16.5. The molecule has 1 aromatic carbocycles. The van der Waals surface area contributed by atoms with Gasteiger partial charge in [0.2, 0.25) is 10.0 Å². The van der Waals surface area contributed by atoms with Crippen LogP contribution in [0, 0.1) is 5.92 Å². The lowest BCUT2D eigenvalue weighted by molar-refractivity contribution is -0.139. The minimum Gasteiger partial charge on any atom is -0.494 e. The summed E-state index contributed by atoms with van der Waals surface area (Å²) >= 11 is 9.03. The standard InChI is InChI=1S/C12H13BrClNO5S/c1-20-11-8(13)4-7(14)5-9(11)21(18,19)15-10(12(16)17)6-2-3-6/h4-6,10,15H,2-3H2,1H3,(H,16,17). The molecule has 9 heteroatoms. The van der Waals surface area contributed by atoms with Gasteiger partial charge < -0.3 is 9.84 Å². The summed E-state index contributed by atoms with van der Waals surface area (Å²) < 4.78 is 32.5. The van der Waals surface area contributed by atoms with Gasteiger partial charge in [-0.05, 0) is 46.8 Å². The summed E-state index contributed by atoms with van der Waals surface area (Å²) in [5.74, 6) is -1.29. The molecule has 1 fully saturated rings. The first-order chi connectivity index (χ1) is 9.76. The number of benzene rings is 1. The van der Waals surface area contributed by atoms with Crippen LogP contribution >= 0.6 is 27.5 Å². The van der Waals surface area contributed by atoms with Crippen LogP contribution in [0.25, 0.3) is 0 Å². The maximum Gasteiger partial charge on any atom is 0.322 e. The van der Waals surface area contributed by atoms with Gasteiger partial charge in [0.25, 0.3) is 0 Å². The normalized spacial score (nSPS) is 16.5. The molecule has 116 valence electrons. The number of hydrogen-bond donors (Lipinski definition) is 2. The number of halogens is 2. The predicted octanol–water partition coefficient (Wildman–Crippen LogP) is 2.25. The van der Waals surface area contributed by atoms with Crippen LogP contribution in [-0.2, 0) is 14.8 Å². The molecule has 0 spiro atoms. The van der Waals surface area contributed by atoms with Gasteiger partial charge in [0.15, 0.2) is 5.75 Å². The third-order valence-electron chi connectivity index (χ3n) is 3.11. The van der Waals surface area contributed by atoms with E-state index in [1.54, 1.807) is 0 Å². The average Bonchev–Trinajstić information content (AvgIpc) is 3.19. The SMILES string of the molecule is COc1c(Br)cc(Cl)cc1S(=O)(=O)NC(C(=O)O)C1CC1. The topological polar surface area (TPSA) is 92.7 Å². The highest BCUT2D eigenvalue weighted by Gasteiger charge is 2.39. The van der Waals surface area contributed by atoms with Gasteiger partial charge in [0, 0.05) is 5.02 Å². The fourth-order valence-corrected chi connectivity index (χ4v) is 4.58. The van der Waals surface area contributed by atoms with Crippen molar-refractivity contribution in [1.29, 1.82) is 0 Å². The van der Waals surface area contributed by atoms with Crippen molar-refractivity contribution in [2.45, 2.75) is 23.8 Å². The molecule has 1 unspecified atom stereocenters. The number of aliphatic carboxylic acids is 1. The van der Waals surface area contributed by atoms with Gasteiger partial charge in [-0.2, -0.15) is 4.72 Å². The van der Waals surface area contributed by atoms with Crippen molar-refractivity contribution in [2.24, 2.45) is 5.92 Å². The summed E-state index contributed by atoms with van der Waals surface area (Å²) in [6, 6.07) is 1.58. The summed E-state index contributed by atoms with van der Waals surface area (Å²) in [7, 11) is -2.75. The second-order valence-electron chi connectivity index (χ2n) is 4.69. The van der Waals surface area contributed by atoms with Gasteiger partial charge >= 0.3 is 5.97 Å². The van der Waals surface area contributed by atoms with Crippen LogP contribution < -0.4 is 9.46 Å². The number of rotatable bonds is 6. The number of ether oxygens (including phenoxy) is 1. The van der Waals surface area contributed by atoms with E-state index in [0.717, 1.165) is 0 Å². The number of methoxy groups -OCH3 is 1. The summed E-state index contributed by atoms with van der Waals surface area (Å²) in [5.41, 5.74) is 0. The predicted molar refractivity (Wildman–Crippen MR) is 80.2 cm³/mol. The molecule has 6 nitrogen and oxygen atoms in total. The van der Waals surface area contributed by atoms with Crippen molar-refractivity contribution < 1.29 is 23.1 Å². The molecule has 0 radical (unpaired) electrons.